The van der Waals surface area contributed by atoms with E-state index >= 15 is 0 Å². The molecule has 0 aromatic carbocycles. The molecule has 5 nitrogen and oxygen atoms in total. The van der Waals surface area contributed by atoms with E-state index in [9.17, 15) is 9.90 Å². The average Bonchev–Trinajstić information content (AvgIpc) is 2.36. The number of halogens is 1. The van der Waals surface area contributed by atoms with Gasteiger partial charge in [-0.2, -0.15) is 0 Å². The topological polar surface area (TPSA) is 75.1 Å². The third kappa shape index (κ3) is 3.94. The molecule has 0 aliphatic carbocycles. The normalized spacial score (nSPS) is 11.3. The van der Waals surface area contributed by atoms with E-state index in [-0.39, 0.29) is 23.3 Å². The molecule has 6 heteroatoms. The van der Waals surface area contributed by atoms with Crippen molar-refractivity contribution in [1.82, 2.24) is 15.5 Å². The highest BCUT2D eigenvalue weighted by molar-refractivity contribution is 6.29. The van der Waals surface area contributed by atoms with Crippen LogP contribution in [0.1, 0.15) is 37.2 Å². The van der Waals surface area contributed by atoms with Gasteiger partial charge in [-0.3, -0.25) is 4.79 Å². The summed E-state index contributed by atoms with van der Waals surface area (Å²) in [6.07, 6.45) is 1.16. The van der Waals surface area contributed by atoms with Crippen LogP contribution in [0.3, 0.4) is 0 Å². The Morgan fingerprint density at radius 1 is 1.41 bits per heavy atom. The molecule has 94 valence electrons. The van der Waals surface area contributed by atoms with Gasteiger partial charge in [0.2, 0.25) is 0 Å². The van der Waals surface area contributed by atoms with Crippen molar-refractivity contribution < 1.29 is 9.90 Å². The van der Waals surface area contributed by atoms with Crippen molar-refractivity contribution in [3.8, 4) is 0 Å². The highest BCUT2D eigenvalue weighted by Gasteiger charge is 2.23. The summed E-state index contributed by atoms with van der Waals surface area (Å²) in [6.45, 7) is 3.94. The molecule has 1 rings (SSSR count). The maximum absolute atomic E-state index is 11.7. The molecule has 0 fully saturated rings. The molecule has 0 bridgehead atoms. The second-order valence-corrected chi connectivity index (χ2v) is 4.24. The second-order valence-electron chi connectivity index (χ2n) is 3.86. The van der Waals surface area contributed by atoms with Crippen LogP contribution in [0.5, 0.6) is 0 Å². The van der Waals surface area contributed by atoms with E-state index in [2.05, 4.69) is 15.5 Å². The third-order valence-corrected chi connectivity index (χ3v) is 2.96. The number of amides is 1. The summed E-state index contributed by atoms with van der Waals surface area (Å²) in [6, 6.07) is 2.98. The Balaban J connectivity index is 2.58. The smallest absolute Gasteiger partial charge is 0.271 e. The average molecular weight is 258 g/mol. The Kier molecular flexibility index (Phi) is 4.84. The molecule has 17 heavy (non-hydrogen) atoms. The van der Waals surface area contributed by atoms with Gasteiger partial charge in [0.25, 0.3) is 5.91 Å². The van der Waals surface area contributed by atoms with Gasteiger partial charge in [-0.15, -0.1) is 10.2 Å². The minimum absolute atomic E-state index is 0.184. The quantitative estimate of drug-likeness (QED) is 0.836. The fourth-order valence-electron chi connectivity index (χ4n) is 1.27. The summed E-state index contributed by atoms with van der Waals surface area (Å²) < 4.78 is 0. The fraction of sp³-hybridized carbons (Fsp3) is 0.545. The lowest BCUT2D eigenvalue weighted by Crippen LogP contribution is -2.42. The number of carbonyl (C=O) groups is 1. The van der Waals surface area contributed by atoms with Crippen LogP contribution in [-0.2, 0) is 0 Å². The van der Waals surface area contributed by atoms with Crippen LogP contribution in [0.15, 0.2) is 12.1 Å². The van der Waals surface area contributed by atoms with Crippen LogP contribution >= 0.6 is 11.6 Å². The molecular weight excluding hydrogens is 242 g/mol. The van der Waals surface area contributed by atoms with Crippen molar-refractivity contribution in [3.05, 3.63) is 23.0 Å². The first-order valence-corrected chi connectivity index (χ1v) is 5.88. The van der Waals surface area contributed by atoms with Gasteiger partial charge >= 0.3 is 0 Å². The first kappa shape index (κ1) is 13.9. The van der Waals surface area contributed by atoms with Gasteiger partial charge in [-0.05, 0) is 25.0 Å². The number of rotatable bonds is 5. The van der Waals surface area contributed by atoms with Crippen molar-refractivity contribution in [3.63, 3.8) is 0 Å². The molecule has 0 unspecified atom stereocenters. The summed E-state index contributed by atoms with van der Waals surface area (Å²) in [7, 11) is 0. The Hall–Kier alpha value is -1.20. The van der Waals surface area contributed by atoms with Crippen LogP contribution in [-0.4, -0.2) is 33.4 Å². The molecule has 2 N–H and O–H groups in total. The van der Waals surface area contributed by atoms with E-state index in [0.717, 1.165) is 0 Å². The molecule has 0 aliphatic heterocycles. The summed E-state index contributed by atoms with van der Waals surface area (Å²) in [5.41, 5.74) is -0.681. The lowest BCUT2D eigenvalue weighted by molar-refractivity contribution is 0.0313. The maximum atomic E-state index is 11.7. The molecule has 1 aromatic rings. The molecule has 0 saturated heterocycles. The fourth-order valence-corrected chi connectivity index (χ4v) is 1.37. The minimum Gasteiger partial charge on any atom is -0.388 e. The van der Waals surface area contributed by atoms with Gasteiger partial charge in [0, 0.05) is 6.54 Å². The molecule has 0 aliphatic rings. The standard InChI is InChI=1S/C11H16ClN3O2/c1-3-11(17,4-2)7-13-10(16)8-5-6-9(12)15-14-8/h5-6,17H,3-4,7H2,1-2H3,(H,13,16). The Morgan fingerprint density at radius 2 is 2.06 bits per heavy atom. The van der Waals surface area contributed by atoms with Crippen molar-refractivity contribution in [2.45, 2.75) is 32.3 Å². The van der Waals surface area contributed by atoms with Gasteiger partial charge < -0.3 is 10.4 Å². The highest BCUT2D eigenvalue weighted by atomic mass is 35.5. The number of nitrogens with zero attached hydrogens (tertiary/aromatic N) is 2. The maximum Gasteiger partial charge on any atom is 0.271 e. The van der Waals surface area contributed by atoms with Gasteiger partial charge in [0.05, 0.1) is 5.60 Å². The van der Waals surface area contributed by atoms with Gasteiger partial charge in [-0.25, -0.2) is 0 Å². The number of aliphatic hydroxyl groups is 1. The molecule has 0 saturated carbocycles. The Labute approximate surface area is 105 Å². The predicted molar refractivity (Wildman–Crippen MR) is 64.9 cm³/mol. The minimum atomic E-state index is -0.866. The largest absolute Gasteiger partial charge is 0.388 e. The molecule has 0 atom stereocenters. The molecule has 0 spiro atoms. The van der Waals surface area contributed by atoms with Crippen molar-refractivity contribution in [2.24, 2.45) is 0 Å². The monoisotopic (exact) mass is 257 g/mol. The molecule has 1 amide bonds. The van der Waals surface area contributed by atoms with E-state index in [1.807, 2.05) is 13.8 Å². The van der Waals surface area contributed by atoms with E-state index in [1.165, 1.54) is 12.1 Å². The molecule has 1 aromatic heterocycles. The first-order valence-electron chi connectivity index (χ1n) is 5.50. The second kappa shape index (κ2) is 5.93. The lowest BCUT2D eigenvalue weighted by Gasteiger charge is -2.25. The van der Waals surface area contributed by atoms with Crippen LogP contribution in [0, 0.1) is 0 Å². The van der Waals surface area contributed by atoms with E-state index < -0.39 is 5.60 Å². The first-order chi connectivity index (χ1) is 8.00. The summed E-state index contributed by atoms with van der Waals surface area (Å²) in [5, 5.41) is 20.1. The van der Waals surface area contributed by atoms with Crippen molar-refractivity contribution in [1.29, 1.82) is 0 Å². The lowest BCUT2D eigenvalue weighted by atomic mass is 9.97. The van der Waals surface area contributed by atoms with Gasteiger partial charge in [0.15, 0.2) is 10.8 Å². The zero-order chi connectivity index (χ0) is 12.9. The molecule has 1 heterocycles. The van der Waals surface area contributed by atoms with Crippen LogP contribution < -0.4 is 5.32 Å². The van der Waals surface area contributed by atoms with Crippen molar-refractivity contribution >= 4 is 17.5 Å². The van der Waals surface area contributed by atoms with Gasteiger partial charge in [0.1, 0.15) is 0 Å². The predicted octanol–water partition coefficient (Wildman–Crippen LogP) is 1.41. The summed E-state index contributed by atoms with van der Waals surface area (Å²) in [4.78, 5) is 11.7. The highest BCUT2D eigenvalue weighted by Crippen LogP contribution is 2.13. The van der Waals surface area contributed by atoms with Gasteiger partial charge in [-0.1, -0.05) is 25.4 Å². The zero-order valence-corrected chi connectivity index (χ0v) is 10.7. The number of carbonyl (C=O) groups excluding carboxylic acids is 1. The third-order valence-electron chi connectivity index (χ3n) is 2.76. The van der Waals surface area contributed by atoms with Crippen LogP contribution in [0.25, 0.3) is 0 Å². The van der Waals surface area contributed by atoms with Crippen molar-refractivity contribution in [2.75, 3.05) is 6.54 Å². The molecule has 0 radical (unpaired) electrons. The zero-order valence-electron chi connectivity index (χ0n) is 9.90. The summed E-state index contributed by atoms with van der Waals surface area (Å²) in [5.74, 6) is -0.366. The SMILES string of the molecule is CCC(O)(CC)CNC(=O)c1ccc(Cl)nn1. The van der Waals surface area contributed by atoms with Crippen LogP contribution in [0.2, 0.25) is 5.15 Å². The van der Waals surface area contributed by atoms with E-state index in [1.54, 1.807) is 0 Å². The number of hydrogen-bond donors (Lipinski definition) is 2. The summed E-state index contributed by atoms with van der Waals surface area (Å²) >= 11 is 5.57. The number of nitrogens with one attached hydrogen (secondary N) is 1. The Morgan fingerprint density at radius 3 is 2.53 bits per heavy atom. The molecular formula is C11H16ClN3O2. The van der Waals surface area contributed by atoms with Crippen LogP contribution in [0.4, 0.5) is 0 Å². The Bertz CT molecular complexity index is 377. The van der Waals surface area contributed by atoms with E-state index in [0.29, 0.717) is 12.8 Å². The number of aromatic nitrogens is 2. The number of hydrogen-bond acceptors (Lipinski definition) is 4. The van der Waals surface area contributed by atoms with E-state index in [4.69, 9.17) is 11.6 Å².